The van der Waals surface area contributed by atoms with Crippen molar-refractivity contribution in [1.29, 1.82) is 0 Å². The number of nitrogens with zero attached hydrogens (tertiary/aromatic N) is 3. The Labute approximate surface area is 184 Å². The first-order valence-corrected chi connectivity index (χ1v) is 10.7. The van der Waals surface area contributed by atoms with Gasteiger partial charge in [0.1, 0.15) is 5.82 Å². The van der Waals surface area contributed by atoms with Crippen molar-refractivity contribution < 1.29 is 18.8 Å². The summed E-state index contributed by atoms with van der Waals surface area (Å²) in [4.78, 5) is 37.1. The van der Waals surface area contributed by atoms with Crippen molar-refractivity contribution in [1.82, 2.24) is 9.88 Å². The zero-order valence-corrected chi connectivity index (χ0v) is 18.9. The molecule has 3 rings (SSSR count). The van der Waals surface area contributed by atoms with Gasteiger partial charge in [-0.3, -0.25) is 9.63 Å². The fraction of sp³-hybridized carbons (Fsp3) is 0.304. The highest BCUT2D eigenvalue weighted by atomic mass is 32.1. The molecule has 0 fully saturated rings. The molecule has 0 unspecified atom stereocenters. The molecule has 0 N–H and O–H groups in total. The molecule has 31 heavy (non-hydrogen) atoms. The van der Waals surface area contributed by atoms with E-state index >= 15 is 0 Å². The number of ketones is 1. The Morgan fingerprint density at radius 2 is 1.77 bits per heavy atom. The van der Waals surface area contributed by atoms with Crippen molar-refractivity contribution in [2.75, 3.05) is 0 Å². The molecule has 0 saturated heterocycles. The molecule has 0 bridgehead atoms. The highest BCUT2D eigenvalue weighted by Crippen LogP contribution is 2.25. The molecule has 0 aliphatic heterocycles. The van der Waals surface area contributed by atoms with Crippen LogP contribution >= 0.6 is 11.3 Å². The number of aromatic nitrogens is 1. The zero-order chi connectivity index (χ0) is 22.7. The van der Waals surface area contributed by atoms with Gasteiger partial charge in [-0.1, -0.05) is 29.4 Å². The van der Waals surface area contributed by atoms with E-state index in [-0.39, 0.29) is 22.8 Å². The Bertz CT molecular complexity index is 1150. The second kappa shape index (κ2) is 9.34. The first-order chi connectivity index (χ1) is 14.7. The maximum atomic E-state index is 13.6. The lowest BCUT2D eigenvalue weighted by atomic mass is 10.0. The number of oxime groups is 1. The predicted octanol–water partition coefficient (Wildman–Crippen LogP) is 5.59. The standard InChI is InChI=1S/C23H24FN3O3S/c1-13(2)27(14(3)4)23(29)30-26-20(21(28)17-9-7-6-8-15(17)5)22-25-18-11-10-16(24)12-19(18)31-22/h6-14H,1-5H3. The van der Waals surface area contributed by atoms with Crippen LogP contribution in [-0.4, -0.2) is 39.6 Å². The summed E-state index contributed by atoms with van der Waals surface area (Å²) in [6.45, 7) is 9.28. The van der Waals surface area contributed by atoms with Crippen molar-refractivity contribution in [3.63, 3.8) is 0 Å². The molecule has 0 saturated carbocycles. The quantitative estimate of drug-likeness (QED) is 0.216. The number of halogens is 1. The maximum absolute atomic E-state index is 13.6. The molecule has 2 aromatic carbocycles. The van der Waals surface area contributed by atoms with Crippen LogP contribution in [0.2, 0.25) is 0 Å². The summed E-state index contributed by atoms with van der Waals surface area (Å²) in [6, 6.07) is 11.0. The Hall–Kier alpha value is -3.13. The fourth-order valence-electron chi connectivity index (χ4n) is 3.28. The third-order valence-electron chi connectivity index (χ3n) is 4.70. The lowest BCUT2D eigenvalue weighted by molar-refractivity contribution is 0.0812. The van der Waals surface area contributed by atoms with Crippen molar-refractivity contribution in [3.05, 3.63) is 64.4 Å². The summed E-state index contributed by atoms with van der Waals surface area (Å²) < 4.78 is 14.2. The smallest absolute Gasteiger partial charge is 0.301 e. The molecule has 0 spiro atoms. The number of aryl methyl sites for hydroxylation is 1. The number of Topliss-reactive ketones (excluding diaryl/α,β-unsaturated/α-hetero) is 1. The van der Waals surface area contributed by atoms with Gasteiger partial charge in [0.05, 0.1) is 10.2 Å². The lowest BCUT2D eigenvalue weighted by Crippen LogP contribution is -2.42. The summed E-state index contributed by atoms with van der Waals surface area (Å²) in [5, 5.41) is 4.20. The fourth-order valence-corrected chi connectivity index (χ4v) is 4.25. The van der Waals surface area contributed by atoms with E-state index < -0.39 is 17.7 Å². The van der Waals surface area contributed by atoms with Crippen LogP contribution in [0.1, 0.15) is 48.6 Å². The number of rotatable bonds is 6. The lowest BCUT2D eigenvalue weighted by Gasteiger charge is -2.28. The molecule has 3 aromatic rings. The topological polar surface area (TPSA) is 71.9 Å². The first kappa shape index (κ1) is 22.6. The molecule has 162 valence electrons. The van der Waals surface area contributed by atoms with Crippen LogP contribution in [0, 0.1) is 12.7 Å². The minimum atomic E-state index is -0.660. The summed E-state index contributed by atoms with van der Waals surface area (Å²) in [6.07, 6.45) is -0.660. The second-order valence-electron chi connectivity index (χ2n) is 7.67. The van der Waals surface area contributed by atoms with E-state index in [1.807, 2.05) is 46.8 Å². The van der Waals surface area contributed by atoms with Crippen LogP contribution in [0.15, 0.2) is 47.6 Å². The number of carbonyl (C=O) groups excluding carboxylic acids is 2. The summed E-state index contributed by atoms with van der Waals surface area (Å²) in [7, 11) is 0. The van der Waals surface area contributed by atoms with Gasteiger partial charge in [-0.05, 0) is 58.4 Å². The molecular formula is C23H24FN3O3S. The van der Waals surface area contributed by atoms with E-state index in [1.54, 1.807) is 12.1 Å². The Morgan fingerprint density at radius 1 is 1.10 bits per heavy atom. The van der Waals surface area contributed by atoms with E-state index in [1.165, 1.54) is 23.1 Å². The van der Waals surface area contributed by atoms with Crippen molar-refractivity contribution in [2.24, 2.45) is 5.16 Å². The van der Waals surface area contributed by atoms with Crippen LogP contribution in [-0.2, 0) is 4.84 Å². The van der Waals surface area contributed by atoms with Gasteiger partial charge >= 0.3 is 6.09 Å². The third-order valence-corrected chi connectivity index (χ3v) is 5.72. The molecule has 0 atom stereocenters. The number of hydrogen-bond donors (Lipinski definition) is 0. The van der Waals surface area contributed by atoms with Crippen molar-refractivity contribution in [2.45, 2.75) is 46.7 Å². The Balaban J connectivity index is 2.05. The van der Waals surface area contributed by atoms with Gasteiger partial charge < -0.3 is 4.90 Å². The number of carbonyl (C=O) groups is 2. The largest absolute Gasteiger partial charge is 0.436 e. The minimum absolute atomic E-state index is 0.100. The Morgan fingerprint density at radius 3 is 2.42 bits per heavy atom. The van der Waals surface area contributed by atoms with Gasteiger partial charge in [0, 0.05) is 17.6 Å². The monoisotopic (exact) mass is 441 g/mol. The number of thiazole rings is 1. The first-order valence-electron chi connectivity index (χ1n) is 9.93. The summed E-state index contributed by atoms with van der Waals surface area (Å²) in [5.41, 5.74) is 1.61. The molecule has 6 nitrogen and oxygen atoms in total. The summed E-state index contributed by atoms with van der Waals surface area (Å²) >= 11 is 1.11. The molecule has 1 heterocycles. The van der Waals surface area contributed by atoms with E-state index in [4.69, 9.17) is 4.84 Å². The van der Waals surface area contributed by atoms with Crippen LogP contribution in [0.3, 0.4) is 0 Å². The molecule has 0 aliphatic carbocycles. The molecular weight excluding hydrogens is 417 g/mol. The van der Waals surface area contributed by atoms with Gasteiger partial charge in [-0.2, -0.15) is 0 Å². The molecule has 1 aromatic heterocycles. The molecule has 1 amide bonds. The molecule has 0 aliphatic rings. The van der Waals surface area contributed by atoms with E-state index in [0.29, 0.717) is 15.8 Å². The Kier molecular flexibility index (Phi) is 6.80. The van der Waals surface area contributed by atoms with Gasteiger partial charge in [0.2, 0.25) is 5.78 Å². The van der Waals surface area contributed by atoms with Crippen molar-refractivity contribution in [3.8, 4) is 0 Å². The van der Waals surface area contributed by atoms with Gasteiger partial charge in [0.25, 0.3) is 0 Å². The number of benzene rings is 2. The number of hydrogen-bond acceptors (Lipinski definition) is 6. The van der Waals surface area contributed by atoms with Gasteiger partial charge in [-0.15, -0.1) is 11.3 Å². The van der Waals surface area contributed by atoms with Crippen LogP contribution in [0.25, 0.3) is 10.2 Å². The van der Waals surface area contributed by atoms with E-state index in [0.717, 1.165) is 16.9 Å². The molecule has 8 heteroatoms. The SMILES string of the molecule is Cc1ccccc1C(=O)C(=NOC(=O)N(C(C)C)C(C)C)c1nc2ccc(F)cc2s1. The van der Waals surface area contributed by atoms with E-state index in [9.17, 15) is 14.0 Å². The summed E-state index contributed by atoms with van der Waals surface area (Å²) in [5.74, 6) is -0.826. The highest BCUT2D eigenvalue weighted by molar-refractivity contribution is 7.21. The zero-order valence-electron chi connectivity index (χ0n) is 18.0. The van der Waals surface area contributed by atoms with Crippen LogP contribution in [0.4, 0.5) is 9.18 Å². The van der Waals surface area contributed by atoms with Crippen LogP contribution in [0.5, 0.6) is 0 Å². The molecule has 0 radical (unpaired) electrons. The second-order valence-corrected chi connectivity index (χ2v) is 8.70. The third kappa shape index (κ3) is 4.96. The van der Waals surface area contributed by atoms with Crippen molar-refractivity contribution >= 4 is 39.1 Å². The van der Waals surface area contributed by atoms with Gasteiger partial charge in [0.15, 0.2) is 10.7 Å². The van der Waals surface area contributed by atoms with E-state index in [2.05, 4.69) is 10.1 Å². The average molecular weight is 442 g/mol. The average Bonchev–Trinajstić information content (AvgIpc) is 3.10. The minimum Gasteiger partial charge on any atom is -0.301 e. The highest BCUT2D eigenvalue weighted by Gasteiger charge is 2.26. The number of fused-ring (bicyclic) bond motifs is 1. The van der Waals surface area contributed by atoms with Crippen LogP contribution < -0.4 is 0 Å². The maximum Gasteiger partial charge on any atom is 0.436 e. The normalized spacial score (nSPS) is 11.9. The predicted molar refractivity (Wildman–Crippen MR) is 120 cm³/mol. The number of amides is 1. The van der Waals surface area contributed by atoms with Gasteiger partial charge in [-0.25, -0.2) is 14.2 Å².